The van der Waals surface area contributed by atoms with Gasteiger partial charge in [-0.05, 0) is 30.7 Å². The SMILES string of the molecule is CCCCCCCCCCCCCCCCCCOc1ccccc1C(=O)CC(=O)Nc1cccc(OC)c1. The molecule has 5 heteroatoms. The Balaban J connectivity index is 1.53. The Hall–Kier alpha value is -2.82. The summed E-state index contributed by atoms with van der Waals surface area (Å²) in [7, 11) is 1.57. The predicted octanol–water partition coefficient (Wildman–Crippen LogP) is 9.55. The number of benzene rings is 2. The van der Waals surface area contributed by atoms with E-state index < -0.39 is 0 Å². The Bertz CT molecular complexity index is 942. The van der Waals surface area contributed by atoms with Gasteiger partial charge in [-0.1, -0.05) is 121 Å². The number of Topliss-reactive ketones (excluding diaryl/α,β-unsaturated/α-hetero) is 1. The minimum absolute atomic E-state index is 0.239. The minimum Gasteiger partial charge on any atom is -0.497 e. The lowest BCUT2D eigenvalue weighted by Gasteiger charge is -2.11. The van der Waals surface area contributed by atoms with Crippen LogP contribution in [0.3, 0.4) is 0 Å². The molecule has 0 aliphatic carbocycles. The van der Waals surface area contributed by atoms with Gasteiger partial charge in [0.25, 0.3) is 0 Å². The van der Waals surface area contributed by atoms with Crippen LogP contribution in [-0.4, -0.2) is 25.4 Å². The van der Waals surface area contributed by atoms with Gasteiger partial charge < -0.3 is 14.8 Å². The molecule has 0 aliphatic rings. The Kier molecular flexibility index (Phi) is 17.5. The first-order valence-electron chi connectivity index (χ1n) is 15.3. The quantitative estimate of drug-likeness (QED) is 0.0870. The van der Waals surface area contributed by atoms with E-state index in [0.29, 0.717) is 29.4 Å². The van der Waals surface area contributed by atoms with Gasteiger partial charge in [-0.2, -0.15) is 0 Å². The lowest BCUT2D eigenvalue weighted by atomic mass is 10.0. The number of unbranched alkanes of at least 4 members (excludes halogenated alkanes) is 15. The zero-order valence-corrected chi connectivity index (χ0v) is 24.5. The van der Waals surface area contributed by atoms with Crippen LogP contribution >= 0.6 is 0 Å². The van der Waals surface area contributed by atoms with Gasteiger partial charge in [0.1, 0.15) is 11.5 Å². The van der Waals surface area contributed by atoms with Gasteiger partial charge in [-0.3, -0.25) is 9.59 Å². The maximum Gasteiger partial charge on any atom is 0.232 e. The van der Waals surface area contributed by atoms with Gasteiger partial charge in [-0.25, -0.2) is 0 Å². The van der Waals surface area contributed by atoms with Crippen LogP contribution in [0.2, 0.25) is 0 Å². The van der Waals surface area contributed by atoms with E-state index in [2.05, 4.69) is 12.2 Å². The molecule has 2 rings (SSSR count). The van der Waals surface area contributed by atoms with Crippen molar-refractivity contribution in [2.24, 2.45) is 0 Å². The molecule has 0 atom stereocenters. The Labute approximate surface area is 237 Å². The summed E-state index contributed by atoms with van der Waals surface area (Å²) in [4.78, 5) is 25.2. The summed E-state index contributed by atoms with van der Waals surface area (Å²) in [6, 6.07) is 14.3. The zero-order valence-electron chi connectivity index (χ0n) is 24.5. The van der Waals surface area contributed by atoms with Crippen molar-refractivity contribution in [1.82, 2.24) is 0 Å². The molecular formula is C34H51NO4. The fraction of sp³-hybridized carbons (Fsp3) is 0.588. The highest BCUT2D eigenvalue weighted by Gasteiger charge is 2.16. The highest BCUT2D eigenvalue weighted by atomic mass is 16.5. The number of carbonyl (C=O) groups is 2. The highest BCUT2D eigenvalue weighted by molar-refractivity contribution is 6.12. The van der Waals surface area contributed by atoms with Crippen molar-refractivity contribution in [3.63, 3.8) is 0 Å². The van der Waals surface area contributed by atoms with Crippen LogP contribution < -0.4 is 14.8 Å². The molecule has 2 aromatic rings. The first-order chi connectivity index (χ1) is 19.1. The Morgan fingerprint density at radius 2 is 1.26 bits per heavy atom. The number of hydrogen-bond donors (Lipinski definition) is 1. The number of hydrogen-bond acceptors (Lipinski definition) is 4. The molecule has 0 saturated carbocycles. The predicted molar refractivity (Wildman–Crippen MR) is 162 cm³/mol. The number of anilines is 1. The first-order valence-corrected chi connectivity index (χ1v) is 15.3. The second kappa shape index (κ2) is 21.1. The van der Waals surface area contributed by atoms with Gasteiger partial charge in [-0.15, -0.1) is 0 Å². The number of ether oxygens (including phenoxy) is 2. The van der Waals surface area contributed by atoms with Gasteiger partial charge in [0.05, 0.1) is 25.7 Å². The van der Waals surface area contributed by atoms with Crippen molar-refractivity contribution in [3.05, 3.63) is 54.1 Å². The molecule has 1 amide bonds. The average Bonchev–Trinajstić information content (AvgIpc) is 2.95. The molecular weight excluding hydrogens is 486 g/mol. The number of methoxy groups -OCH3 is 1. The smallest absolute Gasteiger partial charge is 0.232 e. The van der Waals surface area contributed by atoms with Crippen molar-refractivity contribution in [3.8, 4) is 11.5 Å². The van der Waals surface area contributed by atoms with Crippen LogP contribution in [0.15, 0.2) is 48.5 Å². The van der Waals surface area contributed by atoms with E-state index in [1.807, 2.05) is 6.07 Å². The maximum absolute atomic E-state index is 12.8. The summed E-state index contributed by atoms with van der Waals surface area (Å²) >= 11 is 0. The van der Waals surface area contributed by atoms with E-state index >= 15 is 0 Å². The molecule has 0 spiro atoms. The summed E-state index contributed by atoms with van der Waals surface area (Å²) < 4.78 is 11.1. The molecule has 5 nitrogen and oxygen atoms in total. The molecule has 0 saturated heterocycles. The summed E-state index contributed by atoms with van der Waals surface area (Å²) in [6.07, 6.45) is 21.1. The van der Waals surface area contributed by atoms with Crippen molar-refractivity contribution >= 4 is 17.4 Å². The molecule has 1 N–H and O–H groups in total. The van der Waals surface area contributed by atoms with E-state index in [9.17, 15) is 9.59 Å². The monoisotopic (exact) mass is 537 g/mol. The topological polar surface area (TPSA) is 64.6 Å². The van der Waals surface area contributed by atoms with Crippen LogP contribution in [0.5, 0.6) is 11.5 Å². The number of para-hydroxylation sites is 1. The first kappa shape index (κ1) is 32.4. The summed E-state index contributed by atoms with van der Waals surface area (Å²) in [5.74, 6) is 0.587. The fourth-order valence-corrected chi connectivity index (χ4v) is 4.80. The highest BCUT2D eigenvalue weighted by Crippen LogP contribution is 2.22. The van der Waals surface area contributed by atoms with Crippen molar-refractivity contribution in [1.29, 1.82) is 0 Å². The van der Waals surface area contributed by atoms with Crippen LogP contribution in [0, 0.1) is 0 Å². The Morgan fingerprint density at radius 1 is 0.692 bits per heavy atom. The van der Waals surface area contributed by atoms with Crippen molar-refractivity contribution in [2.75, 3.05) is 19.0 Å². The molecule has 0 unspecified atom stereocenters. The standard InChI is InChI=1S/C34H51NO4/c1-3-4-5-6-7-8-9-10-11-12-13-14-15-16-17-20-26-39-33-25-19-18-24-31(33)32(36)28-34(37)35-29-22-21-23-30(27-29)38-2/h18-19,21-25,27H,3-17,20,26,28H2,1-2H3,(H,35,37). The van der Waals surface area contributed by atoms with Gasteiger partial charge in [0.15, 0.2) is 5.78 Å². The van der Waals surface area contributed by atoms with Crippen molar-refractivity contribution < 1.29 is 19.1 Å². The normalized spacial score (nSPS) is 10.8. The van der Waals surface area contributed by atoms with E-state index in [0.717, 1.165) is 12.8 Å². The molecule has 2 aromatic carbocycles. The zero-order chi connectivity index (χ0) is 28.0. The number of ketones is 1. The maximum atomic E-state index is 12.8. The largest absolute Gasteiger partial charge is 0.497 e. The second-order valence-corrected chi connectivity index (χ2v) is 10.5. The lowest BCUT2D eigenvalue weighted by Crippen LogP contribution is -2.17. The average molecular weight is 538 g/mol. The molecule has 0 heterocycles. The molecule has 0 aliphatic heterocycles. The third-order valence-electron chi connectivity index (χ3n) is 7.12. The van der Waals surface area contributed by atoms with Gasteiger partial charge >= 0.3 is 0 Å². The minimum atomic E-state index is -0.360. The van der Waals surface area contributed by atoms with E-state index in [-0.39, 0.29) is 18.1 Å². The summed E-state index contributed by atoms with van der Waals surface area (Å²) in [5.41, 5.74) is 1.05. The lowest BCUT2D eigenvalue weighted by molar-refractivity contribution is -0.115. The number of rotatable bonds is 23. The molecule has 0 radical (unpaired) electrons. The van der Waals surface area contributed by atoms with Crippen LogP contribution in [-0.2, 0) is 4.79 Å². The number of carbonyl (C=O) groups excluding carboxylic acids is 2. The molecule has 39 heavy (non-hydrogen) atoms. The summed E-state index contributed by atoms with van der Waals surface area (Å²) in [6.45, 7) is 2.86. The van der Waals surface area contributed by atoms with Gasteiger partial charge in [0.2, 0.25) is 5.91 Å². The third-order valence-corrected chi connectivity index (χ3v) is 7.12. The number of amides is 1. The third kappa shape index (κ3) is 14.8. The molecule has 0 bridgehead atoms. The Morgan fingerprint density at radius 3 is 1.85 bits per heavy atom. The number of nitrogens with one attached hydrogen (secondary N) is 1. The van der Waals surface area contributed by atoms with Gasteiger partial charge in [0, 0.05) is 11.8 Å². The summed E-state index contributed by atoms with van der Waals surface area (Å²) in [5, 5.41) is 2.76. The van der Waals surface area contributed by atoms with Crippen LogP contribution in [0.1, 0.15) is 126 Å². The second-order valence-electron chi connectivity index (χ2n) is 10.5. The fourth-order valence-electron chi connectivity index (χ4n) is 4.80. The van der Waals surface area contributed by atoms with E-state index in [1.165, 1.54) is 89.9 Å². The van der Waals surface area contributed by atoms with E-state index in [1.54, 1.807) is 49.6 Å². The van der Waals surface area contributed by atoms with Crippen molar-refractivity contribution in [2.45, 2.75) is 116 Å². The van der Waals surface area contributed by atoms with E-state index in [4.69, 9.17) is 9.47 Å². The van der Waals surface area contributed by atoms with Crippen LogP contribution in [0.25, 0.3) is 0 Å². The molecule has 0 aromatic heterocycles. The molecule has 216 valence electrons. The van der Waals surface area contributed by atoms with Crippen LogP contribution in [0.4, 0.5) is 5.69 Å². The molecule has 0 fully saturated rings.